The summed E-state index contributed by atoms with van der Waals surface area (Å²) in [5.74, 6) is 0.110. The molecule has 1 aromatic heterocycles. The molecule has 0 saturated carbocycles. The maximum Gasteiger partial charge on any atom is 0.0467 e. The standard InChI is InChI=1S/C65H47NS/c1-64(2)56-22-11-8-19-46(56)48-29-27-42(35-58(48)64)62-51-30-25-40(34-55(51)63-52(62)31-26-41-36-61-54(38-53(41)63)50-21-10-13-24-60(50)67-61)39-15-14-18-44(33-39)66(43-16-6-5-7-17-43)45-28-32-49-47-20-9-12-23-57(47)65(3,4)59(49)37-45/h5-38,62H,1-4H3. The number of fused-ring (bicyclic) bond motifs is 14. The minimum Gasteiger partial charge on any atom is -0.310 e. The molecule has 0 N–H and O–H groups in total. The summed E-state index contributed by atoms with van der Waals surface area (Å²) in [6, 6.07) is 78.3. The Morgan fingerprint density at radius 3 is 1.79 bits per heavy atom. The highest BCUT2D eigenvalue weighted by Crippen LogP contribution is 2.56. The van der Waals surface area contributed by atoms with Crippen LogP contribution in [0.3, 0.4) is 0 Å². The van der Waals surface area contributed by atoms with Crippen LogP contribution < -0.4 is 4.90 Å². The molecule has 1 unspecified atom stereocenters. The summed E-state index contributed by atoms with van der Waals surface area (Å²) in [4.78, 5) is 2.43. The predicted molar refractivity (Wildman–Crippen MR) is 285 cm³/mol. The summed E-state index contributed by atoms with van der Waals surface area (Å²) in [7, 11) is 0. The summed E-state index contributed by atoms with van der Waals surface area (Å²) in [6.07, 6.45) is 0. The maximum absolute atomic E-state index is 2.53. The van der Waals surface area contributed by atoms with Crippen molar-refractivity contribution < 1.29 is 0 Å². The molecule has 318 valence electrons. The van der Waals surface area contributed by atoms with E-state index in [0.717, 1.165) is 17.1 Å². The Morgan fingerprint density at radius 1 is 0.373 bits per heavy atom. The van der Waals surface area contributed by atoms with Gasteiger partial charge in [0.1, 0.15) is 0 Å². The van der Waals surface area contributed by atoms with Gasteiger partial charge in [0, 0.05) is 54.0 Å². The van der Waals surface area contributed by atoms with Gasteiger partial charge in [0.15, 0.2) is 0 Å². The van der Waals surface area contributed by atoms with E-state index in [2.05, 4.69) is 239 Å². The Labute approximate surface area is 396 Å². The predicted octanol–water partition coefficient (Wildman–Crippen LogP) is 18.1. The molecule has 0 bridgehead atoms. The molecule has 1 atom stereocenters. The second-order valence-electron chi connectivity index (χ2n) is 20.0. The Hall–Kier alpha value is -7.52. The number of nitrogens with zero attached hydrogens (tertiary/aromatic N) is 1. The summed E-state index contributed by atoms with van der Waals surface area (Å²) >= 11 is 1.90. The third-order valence-corrected chi connectivity index (χ3v) is 16.8. The van der Waals surface area contributed by atoms with E-state index in [0.29, 0.717) is 0 Å². The number of thiophene rings is 1. The SMILES string of the molecule is CC1(C)c2ccccc2-c2ccc(C3c4ccc(-c5cccc(N(c6ccccc6)c6ccc7c(c6)C(C)(C)c6ccccc6-7)c5)cc4-c4c3ccc3cc5sc6ccccc6c5cc43)cc21. The smallest absolute Gasteiger partial charge is 0.0467 e. The van der Waals surface area contributed by atoms with E-state index in [4.69, 9.17) is 0 Å². The fourth-order valence-electron chi connectivity index (χ4n) is 12.4. The van der Waals surface area contributed by atoms with Crippen molar-refractivity contribution in [2.45, 2.75) is 44.4 Å². The van der Waals surface area contributed by atoms with Crippen LogP contribution in [0, 0.1) is 0 Å². The van der Waals surface area contributed by atoms with Gasteiger partial charge in [-0.2, -0.15) is 0 Å². The molecule has 0 aliphatic heterocycles. The van der Waals surface area contributed by atoms with Gasteiger partial charge in [-0.25, -0.2) is 0 Å². The molecule has 10 aromatic carbocycles. The molecule has 3 aliphatic carbocycles. The van der Waals surface area contributed by atoms with Crippen LogP contribution >= 0.6 is 11.3 Å². The van der Waals surface area contributed by atoms with E-state index in [1.807, 2.05) is 11.3 Å². The van der Waals surface area contributed by atoms with Gasteiger partial charge in [-0.05, 0) is 155 Å². The summed E-state index contributed by atoms with van der Waals surface area (Å²) in [5, 5.41) is 5.30. The van der Waals surface area contributed by atoms with Crippen LogP contribution in [-0.2, 0) is 10.8 Å². The molecule has 0 spiro atoms. The van der Waals surface area contributed by atoms with Crippen LogP contribution in [0.15, 0.2) is 206 Å². The Morgan fingerprint density at radius 2 is 1.00 bits per heavy atom. The molecule has 11 aromatic rings. The van der Waals surface area contributed by atoms with E-state index in [9.17, 15) is 0 Å². The first kappa shape index (κ1) is 38.7. The average Bonchev–Trinajstić information content (AvgIpc) is 4.04. The van der Waals surface area contributed by atoms with Crippen LogP contribution in [0.25, 0.3) is 75.5 Å². The Bertz CT molecular complexity index is 3880. The topological polar surface area (TPSA) is 3.24 Å². The maximum atomic E-state index is 2.53. The molecule has 1 heterocycles. The number of hydrogen-bond donors (Lipinski definition) is 0. The van der Waals surface area contributed by atoms with Crippen LogP contribution in [-0.4, -0.2) is 0 Å². The van der Waals surface area contributed by atoms with Gasteiger partial charge in [-0.3, -0.25) is 0 Å². The van der Waals surface area contributed by atoms with Gasteiger partial charge in [0.2, 0.25) is 0 Å². The second kappa shape index (κ2) is 14.0. The molecule has 67 heavy (non-hydrogen) atoms. The molecule has 0 amide bonds. The zero-order valence-corrected chi connectivity index (χ0v) is 38.9. The highest BCUT2D eigenvalue weighted by atomic mass is 32.1. The monoisotopic (exact) mass is 873 g/mol. The largest absolute Gasteiger partial charge is 0.310 e. The Balaban J connectivity index is 0.940. The highest BCUT2D eigenvalue weighted by Gasteiger charge is 2.39. The molecular weight excluding hydrogens is 827 g/mol. The van der Waals surface area contributed by atoms with Crippen molar-refractivity contribution >= 4 is 59.3 Å². The van der Waals surface area contributed by atoms with Crippen molar-refractivity contribution in [1.29, 1.82) is 0 Å². The lowest BCUT2D eigenvalue weighted by Gasteiger charge is -2.28. The summed E-state index contributed by atoms with van der Waals surface area (Å²) in [6.45, 7) is 9.52. The van der Waals surface area contributed by atoms with E-state index in [1.54, 1.807) is 0 Å². The molecule has 14 rings (SSSR count). The quantitative estimate of drug-likeness (QED) is 0.167. The molecule has 2 heteroatoms. The van der Waals surface area contributed by atoms with E-state index < -0.39 is 0 Å². The molecular formula is C65H47NS. The molecule has 0 radical (unpaired) electrons. The van der Waals surface area contributed by atoms with E-state index in [-0.39, 0.29) is 16.7 Å². The first-order valence-corrected chi connectivity index (χ1v) is 24.5. The van der Waals surface area contributed by atoms with Crippen molar-refractivity contribution in [2.75, 3.05) is 4.90 Å². The van der Waals surface area contributed by atoms with E-state index >= 15 is 0 Å². The minimum atomic E-state index is -0.0990. The molecule has 1 nitrogen and oxygen atoms in total. The van der Waals surface area contributed by atoms with Crippen LogP contribution in [0.5, 0.6) is 0 Å². The van der Waals surface area contributed by atoms with E-state index in [1.165, 1.54) is 114 Å². The van der Waals surface area contributed by atoms with Gasteiger partial charge in [0.05, 0.1) is 0 Å². The highest BCUT2D eigenvalue weighted by molar-refractivity contribution is 7.25. The third-order valence-electron chi connectivity index (χ3n) is 15.7. The zero-order chi connectivity index (χ0) is 44.8. The zero-order valence-electron chi connectivity index (χ0n) is 38.1. The number of rotatable bonds is 5. The van der Waals surface area contributed by atoms with Crippen molar-refractivity contribution in [3.8, 4) is 44.5 Å². The first-order chi connectivity index (χ1) is 32.7. The van der Waals surface area contributed by atoms with Gasteiger partial charge < -0.3 is 4.90 Å². The molecule has 0 fully saturated rings. The van der Waals surface area contributed by atoms with Gasteiger partial charge in [-0.1, -0.05) is 173 Å². The van der Waals surface area contributed by atoms with Crippen molar-refractivity contribution in [1.82, 2.24) is 0 Å². The van der Waals surface area contributed by atoms with Crippen molar-refractivity contribution in [2.24, 2.45) is 0 Å². The number of benzene rings is 10. The lowest BCUT2D eigenvalue weighted by atomic mass is 9.80. The van der Waals surface area contributed by atoms with Gasteiger partial charge in [-0.15, -0.1) is 11.3 Å². The fraction of sp³-hybridized carbons (Fsp3) is 0.108. The minimum absolute atomic E-state index is 0.0787. The first-order valence-electron chi connectivity index (χ1n) is 23.7. The number of anilines is 3. The number of hydrogen-bond acceptors (Lipinski definition) is 2. The summed E-state index contributed by atoms with van der Waals surface area (Å²) in [5.41, 5.74) is 23.5. The third kappa shape index (κ3) is 5.54. The number of para-hydroxylation sites is 1. The van der Waals surface area contributed by atoms with Gasteiger partial charge >= 0.3 is 0 Å². The van der Waals surface area contributed by atoms with Crippen LogP contribution in [0.1, 0.15) is 72.6 Å². The lowest BCUT2D eigenvalue weighted by molar-refractivity contribution is 0.659. The molecule has 3 aliphatic rings. The van der Waals surface area contributed by atoms with Gasteiger partial charge in [0.25, 0.3) is 0 Å². The van der Waals surface area contributed by atoms with Crippen LogP contribution in [0.2, 0.25) is 0 Å². The average molecular weight is 874 g/mol. The fourth-order valence-corrected chi connectivity index (χ4v) is 13.5. The Kier molecular flexibility index (Phi) is 8.09. The summed E-state index contributed by atoms with van der Waals surface area (Å²) < 4.78 is 2.68. The molecule has 0 saturated heterocycles. The van der Waals surface area contributed by atoms with Crippen molar-refractivity contribution in [3.05, 3.63) is 245 Å². The van der Waals surface area contributed by atoms with Crippen LogP contribution in [0.4, 0.5) is 17.1 Å². The second-order valence-corrected chi connectivity index (χ2v) is 21.1. The lowest BCUT2D eigenvalue weighted by Crippen LogP contribution is -2.16. The van der Waals surface area contributed by atoms with Crippen molar-refractivity contribution in [3.63, 3.8) is 0 Å². The normalized spacial score (nSPS) is 15.6.